The largest absolute Gasteiger partial charge is 0.347 e. The Hall–Kier alpha value is -2.70. The Morgan fingerprint density at radius 3 is 3.13 bits per heavy atom. The Bertz CT molecular complexity index is 841. The topological polar surface area (TPSA) is 75.6 Å². The Morgan fingerprint density at radius 1 is 1.39 bits per heavy atom. The Labute approximate surface area is 131 Å². The fraction of sp³-hybridized carbons (Fsp3) is 0.312. The first-order valence-electron chi connectivity index (χ1n) is 7.64. The Balaban J connectivity index is 1.58. The van der Waals surface area contributed by atoms with Crippen molar-refractivity contribution in [3.05, 3.63) is 48.6 Å². The number of hydrogen-bond donors (Lipinski definition) is 2. The van der Waals surface area contributed by atoms with Crippen molar-refractivity contribution < 1.29 is 9.18 Å². The van der Waals surface area contributed by atoms with Gasteiger partial charge >= 0.3 is 0 Å². The number of benzene rings is 1. The van der Waals surface area contributed by atoms with Crippen molar-refractivity contribution in [2.45, 2.75) is 31.3 Å². The molecule has 1 aliphatic rings. The van der Waals surface area contributed by atoms with E-state index in [1.165, 1.54) is 12.4 Å². The number of nitrogens with one attached hydrogen (secondary N) is 2. The van der Waals surface area contributed by atoms with Gasteiger partial charge in [-0.15, -0.1) is 0 Å². The molecule has 0 saturated heterocycles. The highest BCUT2D eigenvalue weighted by atomic mass is 19.1. The molecule has 2 aromatic heterocycles. The number of amides is 1. The smallest absolute Gasteiger partial charge is 0.254 e. The number of nitrogens with zero attached hydrogens (tertiary/aromatic N) is 3. The molecule has 1 saturated carbocycles. The lowest BCUT2D eigenvalue weighted by Crippen LogP contribution is -2.38. The van der Waals surface area contributed by atoms with Crippen LogP contribution < -0.4 is 5.32 Å². The monoisotopic (exact) mass is 313 g/mol. The van der Waals surface area contributed by atoms with Gasteiger partial charge in [0.25, 0.3) is 5.91 Å². The summed E-state index contributed by atoms with van der Waals surface area (Å²) in [5, 5.41) is 2.97. The number of aromatic amines is 1. The number of aromatic nitrogens is 4. The van der Waals surface area contributed by atoms with E-state index in [4.69, 9.17) is 0 Å². The van der Waals surface area contributed by atoms with Crippen LogP contribution in [0.2, 0.25) is 0 Å². The van der Waals surface area contributed by atoms with Crippen molar-refractivity contribution in [1.29, 1.82) is 0 Å². The molecule has 2 N–H and O–H groups in total. The maximum atomic E-state index is 14.4. The van der Waals surface area contributed by atoms with Crippen molar-refractivity contribution in [3.8, 4) is 0 Å². The summed E-state index contributed by atoms with van der Waals surface area (Å²) in [7, 11) is 0. The lowest BCUT2D eigenvalue weighted by molar-refractivity contribution is 0.0925. The van der Waals surface area contributed by atoms with Crippen molar-refractivity contribution >= 4 is 16.9 Å². The van der Waals surface area contributed by atoms with Crippen LogP contribution in [0.5, 0.6) is 0 Å². The summed E-state index contributed by atoms with van der Waals surface area (Å²) in [6.45, 7) is 0. The number of hydrogen-bond acceptors (Lipinski definition) is 3. The van der Waals surface area contributed by atoms with Crippen molar-refractivity contribution in [1.82, 2.24) is 24.8 Å². The molecule has 0 aliphatic heterocycles. The van der Waals surface area contributed by atoms with Gasteiger partial charge in [-0.1, -0.05) is 0 Å². The normalized spacial score (nSPS) is 20.9. The van der Waals surface area contributed by atoms with Gasteiger partial charge in [0.15, 0.2) is 5.82 Å². The van der Waals surface area contributed by atoms with Gasteiger partial charge in [0.2, 0.25) is 0 Å². The first-order valence-corrected chi connectivity index (χ1v) is 7.64. The van der Waals surface area contributed by atoms with E-state index in [0.29, 0.717) is 5.52 Å². The predicted octanol–water partition coefficient (Wildman–Crippen LogP) is 2.42. The highest BCUT2D eigenvalue weighted by Gasteiger charge is 2.30. The van der Waals surface area contributed by atoms with Crippen molar-refractivity contribution in [2.75, 3.05) is 0 Å². The maximum Gasteiger partial charge on any atom is 0.254 e. The van der Waals surface area contributed by atoms with Crippen LogP contribution in [0.15, 0.2) is 37.2 Å². The average molecular weight is 313 g/mol. The van der Waals surface area contributed by atoms with Gasteiger partial charge < -0.3 is 14.9 Å². The zero-order valence-corrected chi connectivity index (χ0v) is 12.4. The number of H-pyrrole nitrogens is 1. The standard InChI is InChI=1S/C16H16FN5O/c17-14-10(4-5-12-15(14)20-8-19-12)16(23)21-11-2-1-3-13(11)22-7-6-18-9-22/h4-9,11,13H,1-3H2,(H,19,20)(H,21,23)/t11-,13+/m1/s1. The summed E-state index contributed by atoms with van der Waals surface area (Å²) in [4.78, 5) is 23.3. The van der Waals surface area contributed by atoms with Gasteiger partial charge in [-0.25, -0.2) is 14.4 Å². The molecule has 1 fully saturated rings. The molecule has 1 amide bonds. The first kappa shape index (κ1) is 13.9. The number of carbonyl (C=O) groups excluding carboxylic acids is 1. The second-order valence-corrected chi connectivity index (χ2v) is 5.81. The van der Waals surface area contributed by atoms with E-state index in [9.17, 15) is 9.18 Å². The number of halogens is 1. The zero-order valence-electron chi connectivity index (χ0n) is 12.4. The summed E-state index contributed by atoms with van der Waals surface area (Å²) in [5.41, 5.74) is 0.798. The molecule has 0 unspecified atom stereocenters. The zero-order chi connectivity index (χ0) is 15.8. The summed E-state index contributed by atoms with van der Waals surface area (Å²) < 4.78 is 16.4. The summed E-state index contributed by atoms with van der Waals surface area (Å²) in [6.07, 6.45) is 9.67. The van der Waals surface area contributed by atoms with Gasteiger partial charge in [-0.05, 0) is 31.4 Å². The van der Waals surface area contributed by atoms with Crippen LogP contribution in [-0.2, 0) is 0 Å². The molecular weight excluding hydrogens is 297 g/mol. The van der Waals surface area contributed by atoms with E-state index in [1.54, 1.807) is 18.6 Å². The Morgan fingerprint density at radius 2 is 2.30 bits per heavy atom. The van der Waals surface area contributed by atoms with E-state index in [0.717, 1.165) is 19.3 Å². The minimum Gasteiger partial charge on any atom is -0.347 e. The van der Waals surface area contributed by atoms with E-state index >= 15 is 0 Å². The highest BCUT2D eigenvalue weighted by Crippen LogP contribution is 2.30. The van der Waals surface area contributed by atoms with E-state index < -0.39 is 11.7 Å². The molecule has 2 atom stereocenters. The molecule has 6 nitrogen and oxygen atoms in total. The van der Waals surface area contributed by atoms with Crippen LogP contribution in [-0.4, -0.2) is 31.5 Å². The third-order valence-corrected chi connectivity index (χ3v) is 4.48. The molecule has 118 valence electrons. The Kier molecular flexibility index (Phi) is 3.33. The second kappa shape index (κ2) is 5.49. The van der Waals surface area contributed by atoms with Gasteiger partial charge in [-0.2, -0.15) is 0 Å². The van der Waals surface area contributed by atoms with Crippen molar-refractivity contribution in [3.63, 3.8) is 0 Å². The van der Waals surface area contributed by atoms with Gasteiger partial charge in [0, 0.05) is 18.4 Å². The second-order valence-electron chi connectivity index (χ2n) is 5.81. The third kappa shape index (κ3) is 2.38. The molecule has 7 heteroatoms. The quantitative estimate of drug-likeness (QED) is 0.780. The number of imidazole rings is 2. The minimum atomic E-state index is -0.585. The average Bonchev–Trinajstić information content (AvgIpc) is 3.28. The molecule has 0 spiro atoms. The molecular formula is C16H16FN5O. The highest BCUT2D eigenvalue weighted by molar-refractivity contribution is 5.98. The summed E-state index contributed by atoms with van der Waals surface area (Å²) in [5.74, 6) is -0.983. The number of fused-ring (bicyclic) bond motifs is 1. The maximum absolute atomic E-state index is 14.4. The molecule has 0 bridgehead atoms. The van der Waals surface area contributed by atoms with Crippen LogP contribution in [0.4, 0.5) is 4.39 Å². The summed E-state index contributed by atoms with van der Waals surface area (Å²) >= 11 is 0. The van der Waals surface area contributed by atoms with Gasteiger partial charge in [0.05, 0.1) is 29.8 Å². The molecule has 1 aromatic carbocycles. The SMILES string of the molecule is O=C(N[C@@H]1CCC[C@@H]1n1ccnc1)c1ccc2[nH]cnc2c1F. The third-order valence-electron chi connectivity index (χ3n) is 4.48. The molecule has 4 rings (SSSR count). The lowest BCUT2D eigenvalue weighted by Gasteiger charge is -2.22. The van der Waals surface area contributed by atoms with Crippen LogP contribution in [0.1, 0.15) is 35.7 Å². The van der Waals surface area contributed by atoms with Gasteiger partial charge in [-0.3, -0.25) is 4.79 Å². The fourth-order valence-corrected chi connectivity index (χ4v) is 3.33. The van der Waals surface area contributed by atoms with Gasteiger partial charge in [0.1, 0.15) is 5.52 Å². The fourth-order valence-electron chi connectivity index (χ4n) is 3.33. The van der Waals surface area contributed by atoms with E-state index in [-0.39, 0.29) is 23.2 Å². The number of carbonyl (C=O) groups is 1. The van der Waals surface area contributed by atoms with Crippen LogP contribution in [0.25, 0.3) is 11.0 Å². The first-order chi connectivity index (χ1) is 11.2. The molecule has 1 aliphatic carbocycles. The van der Waals surface area contributed by atoms with Crippen LogP contribution >= 0.6 is 0 Å². The molecule has 2 heterocycles. The molecule has 3 aromatic rings. The molecule has 23 heavy (non-hydrogen) atoms. The van der Waals surface area contributed by atoms with E-state index in [2.05, 4.69) is 20.3 Å². The summed E-state index contributed by atoms with van der Waals surface area (Å²) in [6, 6.07) is 3.30. The van der Waals surface area contributed by atoms with Crippen LogP contribution in [0, 0.1) is 5.82 Å². The van der Waals surface area contributed by atoms with E-state index in [1.807, 2.05) is 10.8 Å². The van der Waals surface area contributed by atoms with Crippen molar-refractivity contribution in [2.24, 2.45) is 0 Å². The molecule has 0 radical (unpaired) electrons. The van der Waals surface area contributed by atoms with Crippen LogP contribution in [0.3, 0.4) is 0 Å². The minimum absolute atomic E-state index is 0.0222. The predicted molar refractivity (Wildman–Crippen MR) is 82.4 cm³/mol. The lowest BCUT2D eigenvalue weighted by atomic mass is 10.1. The number of rotatable bonds is 3.